The van der Waals surface area contributed by atoms with Gasteiger partial charge in [-0.05, 0) is 12.8 Å². The number of rotatable bonds is 5. The molecule has 0 heterocycles. The average Bonchev–Trinajstić information content (AvgIpc) is 2.87. The summed E-state index contributed by atoms with van der Waals surface area (Å²) in [6, 6.07) is -0.171. The molecule has 0 spiro atoms. The van der Waals surface area contributed by atoms with Crippen molar-refractivity contribution < 1.29 is 23.5 Å². The van der Waals surface area contributed by atoms with Crippen molar-refractivity contribution in [2.24, 2.45) is 0 Å². The van der Waals surface area contributed by atoms with Crippen LogP contribution in [0.25, 0.3) is 0 Å². The molecule has 0 radical (unpaired) electrons. The summed E-state index contributed by atoms with van der Waals surface area (Å²) >= 11 is 0. The van der Waals surface area contributed by atoms with Gasteiger partial charge < -0.3 is 10.0 Å². The van der Waals surface area contributed by atoms with E-state index in [1.807, 2.05) is 0 Å². The van der Waals surface area contributed by atoms with E-state index in [2.05, 4.69) is 0 Å². The molecule has 0 bridgehead atoms. The fraction of sp³-hybridized carbons (Fsp3) is 0.750. The lowest BCUT2D eigenvalue weighted by Crippen LogP contribution is -2.38. The Morgan fingerprint density at radius 3 is 2.36 bits per heavy atom. The number of halogens is 2. The molecule has 1 N–H and O–H groups in total. The standard InChI is InChI=1S/C8H11F2NO3/c9-7(10)8(14)11(5-1-2-5)4-3-6(12)13/h5,7H,1-4H2,(H,12,13). The zero-order valence-electron chi connectivity index (χ0n) is 7.45. The number of alkyl halides is 2. The average molecular weight is 207 g/mol. The van der Waals surface area contributed by atoms with E-state index in [4.69, 9.17) is 5.11 Å². The van der Waals surface area contributed by atoms with Crippen LogP contribution in [0.3, 0.4) is 0 Å². The summed E-state index contributed by atoms with van der Waals surface area (Å²) in [5.74, 6) is -2.34. The largest absolute Gasteiger partial charge is 0.481 e. The van der Waals surface area contributed by atoms with Crippen LogP contribution in [0.2, 0.25) is 0 Å². The van der Waals surface area contributed by atoms with Gasteiger partial charge in [-0.1, -0.05) is 0 Å². The maximum absolute atomic E-state index is 12.1. The summed E-state index contributed by atoms with van der Waals surface area (Å²) in [7, 11) is 0. The third-order valence-electron chi connectivity index (χ3n) is 2.02. The van der Waals surface area contributed by atoms with Gasteiger partial charge in [-0.2, -0.15) is 8.78 Å². The highest BCUT2D eigenvalue weighted by atomic mass is 19.3. The highest BCUT2D eigenvalue weighted by Gasteiger charge is 2.35. The molecule has 6 heteroatoms. The number of carbonyl (C=O) groups is 2. The van der Waals surface area contributed by atoms with Crippen LogP contribution in [0.4, 0.5) is 8.78 Å². The van der Waals surface area contributed by atoms with Crippen LogP contribution < -0.4 is 0 Å². The van der Waals surface area contributed by atoms with Crippen LogP contribution in [0.5, 0.6) is 0 Å². The molecule has 0 aromatic carbocycles. The van der Waals surface area contributed by atoms with Gasteiger partial charge in [0.15, 0.2) is 0 Å². The maximum atomic E-state index is 12.1. The second-order valence-electron chi connectivity index (χ2n) is 3.21. The number of carbonyl (C=O) groups excluding carboxylic acids is 1. The molecule has 0 atom stereocenters. The monoisotopic (exact) mass is 207 g/mol. The fourth-order valence-electron chi connectivity index (χ4n) is 1.20. The van der Waals surface area contributed by atoms with E-state index in [9.17, 15) is 18.4 Å². The van der Waals surface area contributed by atoms with Gasteiger partial charge in [0, 0.05) is 12.6 Å². The second kappa shape index (κ2) is 4.34. The van der Waals surface area contributed by atoms with Crippen molar-refractivity contribution >= 4 is 11.9 Å². The molecule has 4 nitrogen and oxygen atoms in total. The maximum Gasteiger partial charge on any atom is 0.315 e. The lowest BCUT2D eigenvalue weighted by molar-refractivity contribution is -0.145. The number of amides is 1. The first-order valence-corrected chi connectivity index (χ1v) is 4.33. The molecule has 1 aliphatic carbocycles. The van der Waals surface area contributed by atoms with Gasteiger partial charge in [-0.3, -0.25) is 9.59 Å². The summed E-state index contributed by atoms with van der Waals surface area (Å²) < 4.78 is 24.1. The van der Waals surface area contributed by atoms with Crippen molar-refractivity contribution in [2.75, 3.05) is 6.54 Å². The van der Waals surface area contributed by atoms with Gasteiger partial charge in [0.2, 0.25) is 0 Å². The lowest BCUT2D eigenvalue weighted by Gasteiger charge is -2.20. The molecule has 14 heavy (non-hydrogen) atoms. The molecule has 0 unspecified atom stereocenters. The zero-order valence-corrected chi connectivity index (χ0v) is 7.45. The Hall–Kier alpha value is -1.20. The van der Waals surface area contributed by atoms with Crippen LogP contribution in [0.15, 0.2) is 0 Å². The van der Waals surface area contributed by atoms with Crippen molar-refractivity contribution in [3.8, 4) is 0 Å². The van der Waals surface area contributed by atoms with Gasteiger partial charge in [0.05, 0.1) is 6.42 Å². The molecular weight excluding hydrogens is 196 g/mol. The van der Waals surface area contributed by atoms with Crippen molar-refractivity contribution in [2.45, 2.75) is 31.7 Å². The molecule has 1 saturated carbocycles. The molecule has 0 saturated heterocycles. The van der Waals surface area contributed by atoms with E-state index in [1.54, 1.807) is 0 Å². The van der Waals surface area contributed by atoms with Gasteiger partial charge >= 0.3 is 12.4 Å². The summed E-state index contributed by atoms with van der Waals surface area (Å²) in [6.45, 7) is -0.122. The molecule has 0 aromatic heterocycles. The van der Waals surface area contributed by atoms with E-state index in [1.165, 1.54) is 0 Å². The van der Waals surface area contributed by atoms with Gasteiger partial charge in [0.1, 0.15) is 0 Å². The summed E-state index contributed by atoms with van der Waals surface area (Å²) in [5.41, 5.74) is 0. The molecule has 1 amide bonds. The number of carboxylic acid groups (broad SMARTS) is 1. The molecule has 1 rings (SSSR count). The van der Waals surface area contributed by atoms with Gasteiger partial charge in [-0.15, -0.1) is 0 Å². The summed E-state index contributed by atoms with van der Waals surface area (Å²) in [4.78, 5) is 22.1. The quantitative estimate of drug-likeness (QED) is 0.722. The Bertz CT molecular complexity index is 241. The predicted molar refractivity (Wildman–Crippen MR) is 43.0 cm³/mol. The highest BCUT2D eigenvalue weighted by Crippen LogP contribution is 2.27. The van der Waals surface area contributed by atoms with E-state index in [-0.39, 0.29) is 19.0 Å². The molecule has 1 aliphatic rings. The number of aliphatic carboxylic acids is 1. The molecule has 0 aliphatic heterocycles. The third kappa shape index (κ3) is 2.93. The predicted octanol–water partition coefficient (Wildman–Crippen LogP) is 0.717. The molecule has 80 valence electrons. The Labute approximate surface area is 79.5 Å². The van der Waals surface area contributed by atoms with E-state index >= 15 is 0 Å². The third-order valence-corrected chi connectivity index (χ3v) is 2.02. The normalized spacial score (nSPS) is 15.6. The van der Waals surface area contributed by atoms with Crippen LogP contribution in [-0.2, 0) is 9.59 Å². The summed E-state index contributed by atoms with van der Waals surface area (Å²) in [6.07, 6.45) is -1.94. The van der Waals surface area contributed by atoms with Crippen LogP contribution in [0.1, 0.15) is 19.3 Å². The summed E-state index contributed by atoms with van der Waals surface area (Å²) in [5, 5.41) is 8.36. The first-order chi connectivity index (χ1) is 6.52. The fourth-order valence-corrected chi connectivity index (χ4v) is 1.20. The minimum Gasteiger partial charge on any atom is -0.481 e. The molecular formula is C8H11F2NO3. The first-order valence-electron chi connectivity index (χ1n) is 4.33. The van der Waals surface area contributed by atoms with Crippen LogP contribution in [0, 0.1) is 0 Å². The number of carboxylic acids is 1. The molecule has 0 aromatic rings. The Kier molecular flexibility index (Phi) is 3.38. The lowest BCUT2D eigenvalue weighted by atomic mass is 10.3. The minimum atomic E-state index is -3.04. The Morgan fingerprint density at radius 1 is 1.43 bits per heavy atom. The Morgan fingerprint density at radius 2 is 2.00 bits per heavy atom. The van der Waals surface area contributed by atoms with E-state index < -0.39 is 18.3 Å². The zero-order chi connectivity index (χ0) is 10.7. The van der Waals surface area contributed by atoms with Crippen LogP contribution in [-0.4, -0.2) is 40.9 Å². The number of nitrogens with zero attached hydrogens (tertiary/aromatic N) is 1. The Balaban J connectivity index is 2.46. The first kappa shape index (κ1) is 10.9. The molecule has 1 fully saturated rings. The highest BCUT2D eigenvalue weighted by molar-refractivity contribution is 5.80. The van der Waals surface area contributed by atoms with Gasteiger partial charge in [0.25, 0.3) is 5.91 Å². The second-order valence-corrected chi connectivity index (χ2v) is 3.21. The smallest absolute Gasteiger partial charge is 0.315 e. The minimum absolute atomic E-state index is 0.122. The van der Waals surface area contributed by atoms with E-state index in [0.29, 0.717) is 12.8 Å². The van der Waals surface area contributed by atoms with Crippen molar-refractivity contribution in [3.05, 3.63) is 0 Å². The van der Waals surface area contributed by atoms with E-state index in [0.717, 1.165) is 4.90 Å². The van der Waals surface area contributed by atoms with Crippen molar-refractivity contribution in [1.82, 2.24) is 4.90 Å². The SMILES string of the molecule is O=C(O)CCN(C(=O)C(F)F)C1CC1. The van der Waals surface area contributed by atoms with Crippen molar-refractivity contribution in [1.29, 1.82) is 0 Å². The number of hydrogen-bond acceptors (Lipinski definition) is 2. The van der Waals surface area contributed by atoms with Crippen LogP contribution >= 0.6 is 0 Å². The van der Waals surface area contributed by atoms with Crippen molar-refractivity contribution in [3.63, 3.8) is 0 Å². The van der Waals surface area contributed by atoms with Gasteiger partial charge in [-0.25, -0.2) is 0 Å². The number of hydrogen-bond donors (Lipinski definition) is 1. The topological polar surface area (TPSA) is 57.6 Å².